The van der Waals surface area contributed by atoms with E-state index in [0.717, 1.165) is 54.5 Å². The molecule has 0 saturated carbocycles. The van der Waals surface area contributed by atoms with Gasteiger partial charge in [-0.05, 0) is 25.3 Å². The van der Waals surface area contributed by atoms with E-state index in [1.807, 2.05) is 18.2 Å². The zero-order valence-electron chi connectivity index (χ0n) is 14.9. The molecule has 0 N–H and O–H groups in total. The highest BCUT2D eigenvalue weighted by atomic mass is 32.2. The Hall–Kier alpha value is -2.52. The van der Waals surface area contributed by atoms with Gasteiger partial charge in [0, 0.05) is 24.9 Å². The largest absolute Gasteiger partial charge is 0.334 e. The molecule has 3 heterocycles. The summed E-state index contributed by atoms with van der Waals surface area (Å²) >= 11 is 1.60. The van der Waals surface area contributed by atoms with E-state index >= 15 is 0 Å². The van der Waals surface area contributed by atoms with Crippen molar-refractivity contribution < 1.29 is 0 Å². The number of allylic oxidation sites excluding steroid dienone is 1. The van der Waals surface area contributed by atoms with Crippen LogP contribution in [0.3, 0.4) is 0 Å². The van der Waals surface area contributed by atoms with Crippen LogP contribution in [0, 0.1) is 11.3 Å². The van der Waals surface area contributed by atoms with Crippen LogP contribution in [-0.4, -0.2) is 26.2 Å². The van der Waals surface area contributed by atoms with Crippen molar-refractivity contribution in [3.8, 4) is 6.07 Å². The number of nitrogens with zero attached hydrogens (tertiary/aromatic N) is 5. The van der Waals surface area contributed by atoms with Crippen LogP contribution in [-0.2, 0) is 13.0 Å². The monoisotopic (exact) mass is 363 g/mol. The number of aromatic nitrogens is 3. The molecule has 26 heavy (non-hydrogen) atoms. The molecule has 2 aromatic rings. The number of thioether (sulfide) groups is 1. The van der Waals surface area contributed by atoms with Crippen LogP contribution in [0.5, 0.6) is 0 Å². The lowest BCUT2D eigenvalue weighted by atomic mass is 10.1. The molecule has 132 valence electrons. The van der Waals surface area contributed by atoms with Gasteiger partial charge < -0.3 is 9.47 Å². The zero-order valence-corrected chi connectivity index (χ0v) is 15.7. The second-order valence-corrected chi connectivity index (χ2v) is 7.28. The third kappa shape index (κ3) is 2.93. The molecular formula is C20H21N5S. The first-order chi connectivity index (χ1) is 12.8. The number of fused-ring (bicyclic) bond motifs is 1. The van der Waals surface area contributed by atoms with Gasteiger partial charge in [0.05, 0.1) is 5.70 Å². The molecule has 0 atom stereocenters. The van der Waals surface area contributed by atoms with Crippen LogP contribution in [0.15, 0.2) is 40.8 Å². The van der Waals surface area contributed by atoms with Crippen molar-refractivity contribution in [3.05, 3.63) is 58.0 Å². The van der Waals surface area contributed by atoms with Gasteiger partial charge in [0.1, 0.15) is 22.5 Å². The van der Waals surface area contributed by atoms with Crippen LogP contribution < -0.4 is 0 Å². The summed E-state index contributed by atoms with van der Waals surface area (Å²) < 4.78 is 2.15. The van der Waals surface area contributed by atoms with Gasteiger partial charge in [0.25, 0.3) is 0 Å². The Labute approximate surface area is 158 Å². The van der Waals surface area contributed by atoms with E-state index in [9.17, 15) is 5.26 Å². The maximum atomic E-state index is 9.95. The van der Waals surface area contributed by atoms with Gasteiger partial charge >= 0.3 is 0 Å². The molecule has 1 aromatic carbocycles. The zero-order chi connectivity index (χ0) is 17.9. The minimum atomic E-state index is 0.625. The lowest BCUT2D eigenvalue weighted by molar-refractivity contribution is 0.556. The number of nitriles is 1. The van der Waals surface area contributed by atoms with Crippen LogP contribution in [0.2, 0.25) is 0 Å². The van der Waals surface area contributed by atoms with Gasteiger partial charge in [-0.2, -0.15) is 5.26 Å². The number of aryl methyl sites for hydroxylation is 1. The van der Waals surface area contributed by atoms with E-state index < -0.39 is 0 Å². The van der Waals surface area contributed by atoms with E-state index in [2.05, 4.69) is 50.2 Å². The first-order valence-electron chi connectivity index (χ1n) is 9.10. The van der Waals surface area contributed by atoms with E-state index in [-0.39, 0.29) is 0 Å². The lowest BCUT2D eigenvalue weighted by Crippen LogP contribution is -2.18. The molecule has 5 nitrogen and oxygen atoms in total. The molecule has 2 aliphatic rings. The minimum absolute atomic E-state index is 0.625. The highest BCUT2D eigenvalue weighted by Crippen LogP contribution is 2.42. The molecule has 0 bridgehead atoms. The Bertz CT molecular complexity index is 904. The minimum Gasteiger partial charge on any atom is -0.334 e. The molecule has 0 aliphatic carbocycles. The van der Waals surface area contributed by atoms with E-state index in [4.69, 9.17) is 0 Å². The number of hydrogen-bond donors (Lipinski definition) is 0. The molecule has 1 aromatic heterocycles. The fraction of sp³-hybridized carbons (Fsp3) is 0.350. The SMILES string of the molecule is CCN1C(c2ccccc2)=CS/C1=C(\C#N)c1nnc2n1CCCCC2. The van der Waals surface area contributed by atoms with Gasteiger partial charge in [-0.3, -0.25) is 0 Å². The Morgan fingerprint density at radius 1 is 1.19 bits per heavy atom. The third-order valence-electron chi connectivity index (χ3n) is 4.86. The van der Waals surface area contributed by atoms with Crippen molar-refractivity contribution >= 4 is 23.0 Å². The van der Waals surface area contributed by atoms with Crippen molar-refractivity contribution in [3.63, 3.8) is 0 Å². The fourth-order valence-electron chi connectivity index (χ4n) is 3.55. The Morgan fingerprint density at radius 2 is 2.04 bits per heavy atom. The summed E-state index contributed by atoms with van der Waals surface area (Å²) in [6, 6.07) is 12.7. The number of hydrogen-bond acceptors (Lipinski definition) is 5. The van der Waals surface area contributed by atoms with Crippen LogP contribution in [0.25, 0.3) is 11.3 Å². The van der Waals surface area contributed by atoms with Crippen LogP contribution in [0.4, 0.5) is 0 Å². The van der Waals surface area contributed by atoms with Gasteiger partial charge in [-0.1, -0.05) is 48.5 Å². The molecule has 0 unspecified atom stereocenters. The summed E-state index contributed by atoms with van der Waals surface area (Å²) in [5.41, 5.74) is 2.92. The van der Waals surface area contributed by atoms with Gasteiger partial charge in [0.2, 0.25) is 0 Å². The van der Waals surface area contributed by atoms with E-state index in [1.54, 1.807) is 11.8 Å². The van der Waals surface area contributed by atoms with Crippen LogP contribution >= 0.6 is 11.8 Å². The van der Waals surface area contributed by atoms with Crippen molar-refractivity contribution in [1.82, 2.24) is 19.7 Å². The molecule has 0 fully saturated rings. The first-order valence-corrected chi connectivity index (χ1v) is 9.98. The van der Waals surface area contributed by atoms with Crippen LogP contribution in [0.1, 0.15) is 43.4 Å². The standard InChI is InChI=1S/C20H21N5S/c1-2-24-17(15-9-5-3-6-10-15)14-26-20(24)16(13-21)19-23-22-18-11-7-4-8-12-25(18)19/h3,5-6,9-10,14H,2,4,7-8,11-12H2,1H3/b20-16+. The van der Waals surface area contributed by atoms with Gasteiger partial charge in [0.15, 0.2) is 5.82 Å². The summed E-state index contributed by atoms with van der Waals surface area (Å²) in [4.78, 5) is 2.21. The van der Waals surface area contributed by atoms with Crippen molar-refractivity contribution in [1.29, 1.82) is 5.26 Å². The highest BCUT2D eigenvalue weighted by molar-refractivity contribution is 8.06. The maximum absolute atomic E-state index is 9.95. The Kier molecular flexibility index (Phi) is 4.81. The van der Waals surface area contributed by atoms with Gasteiger partial charge in [-0.15, -0.1) is 10.2 Å². The number of rotatable bonds is 3. The highest BCUT2D eigenvalue weighted by Gasteiger charge is 2.28. The maximum Gasteiger partial charge on any atom is 0.177 e. The molecule has 0 saturated heterocycles. The predicted octanol–water partition coefficient (Wildman–Crippen LogP) is 4.26. The fourth-order valence-corrected chi connectivity index (χ4v) is 4.65. The molecule has 0 amide bonds. The normalized spacial score (nSPS) is 18.8. The summed E-state index contributed by atoms with van der Waals surface area (Å²) in [7, 11) is 0. The van der Waals surface area contributed by atoms with E-state index in [0.29, 0.717) is 11.4 Å². The molecular weight excluding hydrogens is 342 g/mol. The quantitative estimate of drug-likeness (QED) is 0.763. The average Bonchev–Trinajstić information content (AvgIpc) is 3.21. The Morgan fingerprint density at radius 3 is 2.81 bits per heavy atom. The lowest BCUT2D eigenvalue weighted by Gasteiger charge is -2.22. The molecule has 6 heteroatoms. The topological polar surface area (TPSA) is 57.7 Å². The average molecular weight is 363 g/mol. The smallest absolute Gasteiger partial charge is 0.177 e. The summed E-state index contributed by atoms with van der Waals surface area (Å²) in [6.45, 7) is 3.81. The van der Waals surface area contributed by atoms with E-state index in [1.165, 1.54) is 6.42 Å². The first kappa shape index (κ1) is 16.9. The molecule has 2 aliphatic heterocycles. The summed E-state index contributed by atoms with van der Waals surface area (Å²) in [5.74, 6) is 1.72. The predicted molar refractivity (Wildman–Crippen MR) is 105 cm³/mol. The molecule has 0 radical (unpaired) electrons. The van der Waals surface area contributed by atoms with Crippen molar-refractivity contribution in [2.75, 3.05) is 6.54 Å². The van der Waals surface area contributed by atoms with Crippen molar-refractivity contribution in [2.24, 2.45) is 0 Å². The second-order valence-electron chi connectivity index (χ2n) is 6.43. The second kappa shape index (κ2) is 7.38. The number of benzene rings is 1. The van der Waals surface area contributed by atoms with Crippen molar-refractivity contribution in [2.45, 2.75) is 39.2 Å². The third-order valence-corrected chi connectivity index (χ3v) is 5.85. The molecule has 4 rings (SSSR count). The Balaban J connectivity index is 1.76. The summed E-state index contributed by atoms with van der Waals surface area (Å²) in [5, 5.41) is 21.8. The van der Waals surface area contributed by atoms with Gasteiger partial charge in [-0.25, -0.2) is 0 Å². The molecule has 0 spiro atoms. The summed E-state index contributed by atoms with van der Waals surface area (Å²) in [6.07, 6.45) is 4.41.